The molecule has 0 fully saturated rings. The van der Waals surface area contributed by atoms with E-state index in [-0.39, 0.29) is 6.04 Å². The molecule has 1 aromatic carbocycles. The maximum absolute atomic E-state index is 10.6. The Labute approximate surface area is 118 Å². The van der Waals surface area contributed by atoms with Crippen molar-refractivity contribution < 1.29 is 9.84 Å². The number of benzene rings is 1. The summed E-state index contributed by atoms with van der Waals surface area (Å²) in [5.74, 6) is 0.536. The van der Waals surface area contributed by atoms with Gasteiger partial charge in [0.25, 0.3) is 0 Å². The number of rotatable bonds is 4. The molecule has 2 aromatic rings. The van der Waals surface area contributed by atoms with Crippen molar-refractivity contribution in [1.29, 1.82) is 5.26 Å². The van der Waals surface area contributed by atoms with Gasteiger partial charge in [-0.2, -0.15) is 10.4 Å². The minimum absolute atomic E-state index is 0.0997. The van der Waals surface area contributed by atoms with Crippen molar-refractivity contribution in [2.24, 2.45) is 0 Å². The Bertz CT molecular complexity index is 641. The molecule has 0 aliphatic heterocycles. The minimum Gasteiger partial charge on any atom is -0.493 e. The van der Waals surface area contributed by atoms with Gasteiger partial charge in [-0.05, 0) is 31.5 Å². The highest BCUT2D eigenvalue weighted by molar-refractivity contribution is 5.39. The van der Waals surface area contributed by atoms with Crippen LogP contribution in [0.3, 0.4) is 0 Å². The Morgan fingerprint density at radius 1 is 1.40 bits per heavy atom. The van der Waals surface area contributed by atoms with Gasteiger partial charge >= 0.3 is 0 Å². The van der Waals surface area contributed by atoms with Gasteiger partial charge in [0.1, 0.15) is 11.8 Å². The van der Waals surface area contributed by atoms with E-state index < -0.39 is 6.10 Å². The van der Waals surface area contributed by atoms with Crippen molar-refractivity contribution in [3.63, 3.8) is 0 Å². The summed E-state index contributed by atoms with van der Waals surface area (Å²) in [5, 5.41) is 23.8. The van der Waals surface area contributed by atoms with Crippen molar-refractivity contribution >= 4 is 0 Å². The molecule has 5 nitrogen and oxygen atoms in total. The van der Waals surface area contributed by atoms with E-state index in [1.807, 2.05) is 13.8 Å². The summed E-state index contributed by atoms with van der Waals surface area (Å²) in [5.41, 5.74) is 1.75. The Morgan fingerprint density at radius 2 is 2.15 bits per heavy atom. The van der Waals surface area contributed by atoms with Crippen LogP contribution in [0.4, 0.5) is 0 Å². The first kappa shape index (κ1) is 14.1. The highest BCUT2D eigenvalue weighted by atomic mass is 16.5. The Morgan fingerprint density at radius 3 is 2.75 bits per heavy atom. The summed E-state index contributed by atoms with van der Waals surface area (Å²) in [6.07, 6.45) is 0.704. The van der Waals surface area contributed by atoms with Crippen LogP contribution in [0.2, 0.25) is 0 Å². The fourth-order valence-electron chi connectivity index (χ4n) is 2.12. The van der Waals surface area contributed by atoms with E-state index in [9.17, 15) is 5.11 Å². The molecule has 1 N–H and O–H groups in total. The molecule has 0 saturated heterocycles. The molecule has 0 radical (unpaired) electrons. The van der Waals surface area contributed by atoms with Crippen LogP contribution in [0.25, 0.3) is 0 Å². The van der Waals surface area contributed by atoms with Gasteiger partial charge in [-0.25, -0.2) is 0 Å². The Balaban J connectivity index is 2.49. The largest absolute Gasteiger partial charge is 0.493 e. The van der Waals surface area contributed by atoms with Crippen LogP contribution in [0.15, 0.2) is 30.5 Å². The average molecular weight is 271 g/mol. The highest BCUT2D eigenvalue weighted by Gasteiger charge is 2.23. The predicted octanol–water partition coefficient (Wildman–Crippen LogP) is 2.43. The standard InChI is InChI=1S/C15H17N3O2/c1-10(2)18-14(13(20-3)9-17-18)15(19)12-6-4-5-11(7-12)8-16/h4-7,9-10,15,19H,1-3H3. The van der Waals surface area contributed by atoms with Crippen molar-refractivity contribution in [3.8, 4) is 11.8 Å². The van der Waals surface area contributed by atoms with Crippen LogP contribution >= 0.6 is 0 Å². The molecule has 0 spiro atoms. The summed E-state index contributed by atoms with van der Waals surface area (Å²) < 4.78 is 6.99. The molecule has 20 heavy (non-hydrogen) atoms. The van der Waals surface area contributed by atoms with E-state index in [1.54, 1.807) is 42.3 Å². The van der Waals surface area contributed by atoms with Gasteiger partial charge in [-0.15, -0.1) is 0 Å². The maximum Gasteiger partial charge on any atom is 0.163 e. The number of nitrogens with zero attached hydrogens (tertiary/aromatic N) is 3. The molecule has 0 amide bonds. The zero-order chi connectivity index (χ0) is 14.7. The van der Waals surface area contributed by atoms with Gasteiger partial charge in [0.15, 0.2) is 5.75 Å². The van der Waals surface area contributed by atoms with Gasteiger partial charge in [-0.1, -0.05) is 12.1 Å². The maximum atomic E-state index is 10.6. The van der Waals surface area contributed by atoms with Gasteiger partial charge in [0.05, 0.1) is 24.9 Å². The summed E-state index contributed by atoms with van der Waals surface area (Å²) in [6, 6.07) is 9.07. The molecule has 0 bridgehead atoms. The second kappa shape index (κ2) is 5.76. The molecule has 1 atom stereocenters. The quantitative estimate of drug-likeness (QED) is 0.927. The smallest absolute Gasteiger partial charge is 0.163 e. The normalized spacial score (nSPS) is 12.2. The van der Waals surface area contributed by atoms with Crippen LogP contribution in [-0.4, -0.2) is 22.0 Å². The molecule has 1 unspecified atom stereocenters. The second-order valence-corrected chi connectivity index (χ2v) is 4.78. The third kappa shape index (κ3) is 2.51. The first-order chi connectivity index (χ1) is 9.58. The lowest BCUT2D eigenvalue weighted by Crippen LogP contribution is -2.13. The second-order valence-electron chi connectivity index (χ2n) is 4.78. The molecule has 5 heteroatoms. The molecule has 0 aliphatic carbocycles. The van der Waals surface area contributed by atoms with E-state index >= 15 is 0 Å². The fraction of sp³-hybridized carbons (Fsp3) is 0.333. The highest BCUT2D eigenvalue weighted by Crippen LogP contribution is 2.31. The molecule has 104 valence electrons. The minimum atomic E-state index is -0.886. The molecule has 1 heterocycles. The lowest BCUT2D eigenvalue weighted by Gasteiger charge is -2.17. The number of ether oxygens (including phenoxy) is 1. The fourth-order valence-corrected chi connectivity index (χ4v) is 2.12. The topological polar surface area (TPSA) is 71.1 Å². The van der Waals surface area contributed by atoms with E-state index in [0.29, 0.717) is 22.6 Å². The monoisotopic (exact) mass is 271 g/mol. The Kier molecular flexibility index (Phi) is 4.06. The van der Waals surface area contributed by atoms with Gasteiger partial charge in [-0.3, -0.25) is 4.68 Å². The zero-order valence-electron chi connectivity index (χ0n) is 11.7. The molecular weight excluding hydrogens is 254 g/mol. The number of nitriles is 1. The van der Waals surface area contributed by atoms with E-state index in [4.69, 9.17) is 10.00 Å². The van der Waals surface area contributed by atoms with Crippen LogP contribution in [-0.2, 0) is 0 Å². The van der Waals surface area contributed by atoms with Crippen molar-refractivity contribution in [3.05, 3.63) is 47.3 Å². The lowest BCUT2D eigenvalue weighted by molar-refractivity contribution is 0.199. The van der Waals surface area contributed by atoms with Crippen LogP contribution < -0.4 is 4.74 Å². The van der Waals surface area contributed by atoms with Crippen LogP contribution in [0.5, 0.6) is 5.75 Å². The Hall–Kier alpha value is -2.32. The number of aliphatic hydroxyl groups is 1. The molecular formula is C15H17N3O2. The summed E-state index contributed by atoms with van der Waals surface area (Å²) in [6.45, 7) is 3.96. The zero-order valence-corrected chi connectivity index (χ0v) is 11.7. The van der Waals surface area contributed by atoms with Gasteiger partial charge in [0, 0.05) is 6.04 Å². The SMILES string of the molecule is COc1cnn(C(C)C)c1C(O)c1cccc(C#N)c1. The van der Waals surface area contributed by atoms with Crippen molar-refractivity contribution in [2.75, 3.05) is 7.11 Å². The van der Waals surface area contributed by atoms with Gasteiger partial charge < -0.3 is 9.84 Å². The van der Waals surface area contributed by atoms with E-state index in [1.165, 1.54) is 0 Å². The van der Waals surface area contributed by atoms with Gasteiger partial charge in [0.2, 0.25) is 0 Å². The number of aliphatic hydroxyl groups excluding tert-OH is 1. The molecule has 0 aliphatic rings. The third-order valence-electron chi connectivity index (χ3n) is 3.10. The van der Waals surface area contributed by atoms with Crippen molar-refractivity contribution in [2.45, 2.75) is 26.0 Å². The molecule has 2 rings (SSSR count). The van der Waals surface area contributed by atoms with E-state index in [2.05, 4.69) is 11.2 Å². The number of methoxy groups -OCH3 is 1. The summed E-state index contributed by atoms with van der Waals surface area (Å²) in [4.78, 5) is 0. The third-order valence-corrected chi connectivity index (χ3v) is 3.10. The van der Waals surface area contributed by atoms with Crippen molar-refractivity contribution in [1.82, 2.24) is 9.78 Å². The average Bonchev–Trinajstić information content (AvgIpc) is 2.90. The first-order valence-electron chi connectivity index (χ1n) is 6.38. The predicted molar refractivity (Wildman–Crippen MR) is 74.4 cm³/mol. The summed E-state index contributed by atoms with van der Waals surface area (Å²) in [7, 11) is 1.55. The number of aromatic nitrogens is 2. The summed E-state index contributed by atoms with van der Waals surface area (Å²) >= 11 is 0. The van der Waals surface area contributed by atoms with E-state index in [0.717, 1.165) is 0 Å². The first-order valence-corrected chi connectivity index (χ1v) is 6.38. The van der Waals surface area contributed by atoms with Crippen LogP contribution in [0.1, 0.15) is 42.8 Å². The number of hydrogen-bond donors (Lipinski definition) is 1. The van der Waals surface area contributed by atoms with Crippen LogP contribution in [0, 0.1) is 11.3 Å². The lowest BCUT2D eigenvalue weighted by atomic mass is 10.0. The number of hydrogen-bond acceptors (Lipinski definition) is 4. The molecule has 1 aromatic heterocycles. The molecule has 0 saturated carbocycles.